The van der Waals surface area contributed by atoms with Gasteiger partial charge in [-0.15, -0.1) is 0 Å². The minimum absolute atomic E-state index is 0.00767. The second-order valence-electron chi connectivity index (χ2n) is 27.6. The van der Waals surface area contributed by atoms with Crippen molar-refractivity contribution in [1.29, 1.82) is 0 Å². The number of hydrogen-bond acceptors (Lipinski definition) is 20. The maximum atomic E-state index is 13.4. The van der Waals surface area contributed by atoms with Crippen molar-refractivity contribution < 1.29 is 76.3 Å². The number of carbonyl (C=O) groups is 8. The number of esters is 8. The van der Waals surface area contributed by atoms with Crippen molar-refractivity contribution in [3.63, 3.8) is 0 Å². The predicted molar refractivity (Wildman–Crippen MR) is 422 cm³/mol. The molecule has 0 aromatic rings. The molecular weight excluding hydrogens is 1360 g/mol. The van der Waals surface area contributed by atoms with Gasteiger partial charge < -0.3 is 37.9 Å². The Balaban J connectivity index is 5.64. The minimum Gasteiger partial charge on any atom is -0.466 e. The van der Waals surface area contributed by atoms with E-state index in [0.29, 0.717) is 72.5 Å². The summed E-state index contributed by atoms with van der Waals surface area (Å²) in [6.45, 7) is 8.88. The van der Waals surface area contributed by atoms with Gasteiger partial charge in [-0.3, -0.25) is 38.4 Å². The Morgan fingerprint density at radius 3 is 0.465 bits per heavy atom. The van der Waals surface area contributed by atoms with E-state index in [0.717, 1.165) is 77.0 Å². The number of unbranched alkanes of at least 4 members (excludes halogenated alkanes) is 40. The molecule has 0 aromatic heterocycles. The summed E-state index contributed by atoms with van der Waals surface area (Å²) in [7, 11) is 0. The van der Waals surface area contributed by atoms with Crippen LogP contribution in [-0.2, 0) is 76.3 Å². The van der Waals surface area contributed by atoms with Gasteiger partial charge in [0.15, 0.2) is 0 Å². The van der Waals surface area contributed by atoms with E-state index in [1.54, 1.807) is 0 Å². The van der Waals surface area contributed by atoms with E-state index in [1.807, 2.05) is 0 Å². The molecule has 16 nitrogen and oxygen atoms in total. The molecule has 0 saturated carbocycles. The Morgan fingerprint density at radius 2 is 0.317 bits per heavy atom. The summed E-state index contributed by atoms with van der Waals surface area (Å²) in [4.78, 5) is 104. The molecule has 0 aliphatic carbocycles. The fourth-order valence-corrected chi connectivity index (χ4v) is 14.5. The molecule has 0 N–H and O–H groups in total. The summed E-state index contributed by atoms with van der Waals surface area (Å²) in [6.07, 6.45) is 54.1. The molecule has 0 aromatic carbocycles. The Labute approximate surface area is 633 Å². The highest BCUT2D eigenvalue weighted by Gasteiger charge is 2.38. The van der Waals surface area contributed by atoms with Crippen molar-refractivity contribution in [2.75, 3.05) is 98.9 Å². The highest BCUT2D eigenvalue weighted by Crippen LogP contribution is 2.25. The average molecular weight is 1510 g/mol. The standard InChI is InChI=1S/C81H148O16S4/c1-5-9-13-17-21-25-29-33-37-41-45-57-90-73(82)49-61-98-65-53-77(86)94-69-81(70-95-78(87)54-66-99-62-50-74(83)91-58-46-42-38-34-30-26-22-18-14-10-6-2,71-96-79(88)55-67-100-63-51-75(84)92-59-47-43-39-35-31-27-23-19-15-11-7-3)72-97-80(89)56-68-101-64-52-76(85)93-60-48-44-40-36-32-28-24-20-16-12-8-4/h5-72H2,1-4H3. The van der Waals surface area contributed by atoms with E-state index in [-0.39, 0.29) is 75.2 Å². The van der Waals surface area contributed by atoms with Crippen molar-refractivity contribution in [3.05, 3.63) is 0 Å². The monoisotopic (exact) mass is 1500 g/mol. The van der Waals surface area contributed by atoms with E-state index >= 15 is 0 Å². The van der Waals surface area contributed by atoms with Gasteiger partial charge in [-0.1, -0.05) is 285 Å². The van der Waals surface area contributed by atoms with E-state index in [1.165, 1.54) is 253 Å². The first-order chi connectivity index (χ1) is 49.4. The molecule has 0 unspecified atom stereocenters. The molecule has 0 rings (SSSR count). The quantitative estimate of drug-likeness (QED) is 0.0315. The molecule has 0 spiro atoms. The van der Waals surface area contributed by atoms with Crippen LogP contribution in [0, 0.1) is 5.41 Å². The molecule has 0 heterocycles. The van der Waals surface area contributed by atoms with Gasteiger partial charge in [0.1, 0.15) is 31.8 Å². The molecule has 0 radical (unpaired) electrons. The number of rotatable bonds is 80. The van der Waals surface area contributed by atoms with Crippen molar-refractivity contribution >= 4 is 94.8 Å². The zero-order chi connectivity index (χ0) is 73.7. The molecule has 0 bridgehead atoms. The molecule has 101 heavy (non-hydrogen) atoms. The van der Waals surface area contributed by atoms with Crippen LogP contribution in [0.4, 0.5) is 0 Å². The number of thioether (sulfide) groups is 4. The van der Waals surface area contributed by atoms with Crippen LogP contribution in [0.2, 0.25) is 0 Å². The largest absolute Gasteiger partial charge is 0.466 e. The topological polar surface area (TPSA) is 210 Å². The Hall–Kier alpha value is -2.84. The second-order valence-corrected chi connectivity index (χ2v) is 32.5. The first-order valence-corrected chi connectivity index (χ1v) is 45.6. The molecule has 0 saturated heterocycles. The predicted octanol–water partition coefficient (Wildman–Crippen LogP) is 21.6. The highest BCUT2D eigenvalue weighted by molar-refractivity contribution is 7.99. The van der Waals surface area contributed by atoms with Crippen LogP contribution in [0.3, 0.4) is 0 Å². The van der Waals surface area contributed by atoms with Crippen LogP contribution < -0.4 is 0 Å². The van der Waals surface area contributed by atoms with Gasteiger partial charge in [-0.2, -0.15) is 47.0 Å². The summed E-state index contributed by atoms with van der Waals surface area (Å²) < 4.78 is 45.2. The molecule has 0 atom stereocenters. The Kier molecular flexibility index (Phi) is 76.0. The zero-order valence-corrected chi connectivity index (χ0v) is 68.0. The van der Waals surface area contributed by atoms with Crippen molar-refractivity contribution in [1.82, 2.24) is 0 Å². The van der Waals surface area contributed by atoms with Gasteiger partial charge in [0.25, 0.3) is 0 Å². The molecule has 592 valence electrons. The minimum atomic E-state index is -1.50. The lowest BCUT2D eigenvalue weighted by Gasteiger charge is -2.31. The molecule has 0 fully saturated rings. The van der Waals surface area contributed by atoms with Gasteiger partial charge in [0.05, 0.1) is 77.8 Å². The van der Waals surface area contributed by atoms with Crippen molar-refractivity contribution in [3.8, 4) is 0 Å². The van der Waals surface area contributed by atoms with Crippen LogP contribution >= 0.6 is 47.0 Å². The van der Waals surface area contributed by atoms with Crippen molar-refractivity contribution in [2.45, 2.75) is 362 Å². The first-order valence-electron chi connectivity index (χ1n) is 41.0. The van der Waals surface area contributed by atoms with Crippen molar-refractivity contribution in [2.24, 2.45) is 5.41 Å². The SMILES string of the molecule is CCCCCCCCCCCCCOC(=O)CCSCCC(=O)OCC(COC(=O)CCSCCC(=O)OCCCCCCCCCCCCC)(COC(=O)CCSCCC(=O)OCCCCCCCCCCCCC)COC(=O)CCSCCC(=O)OCCCCCCCCCCCCC. The number of hydrogen-bond donors (Lipinski definition) is 0. The fraction of sp³-hybridized carbons (Fsp3) is 0.901. The van der Waals surface area contributed by atoms with E-state index in [2.05, 4.69) is 27.7 Å². The van der Waals surface area contributed by atoms with Crippen LogP contribution in [0.1, 0.15) is 362 Å². The second kappa shape index (κ2) is 78.2. The van der Waals surface area contributed by atoms with E-state index in [9.17, 15) is 38.4 Å². The summed E-state index contributed by atoms with van der Waals surface area (Å²) in [5.74, 6) is -0.153. The number of carbonyl (C=O) groups excluding carboxylic acids is 8. The highest BCUT2D eigenvalue weighted by atomic mass is 32.2. The molecule has 0 amide bonds. The maximum Gasteiger partial charge on any atom is 0.306 e. The molecular formula is C81H148O16S4. The lowest BCUT2D eigenvalue weighted by atomic mass is 9.92. The van der Waals surface area contributed by atoms with Gasteiger partial charge in [0, 0.05) is 46.0 Å². The first kappa shape index (κ1) is 98.2. The normalized spacial score (nSPS) is 11.4. The van der Waals surface area contributed by atoms with Crippen LogP contribution in [-0.4, -0.2) is 147 Å². The molecule has 0 aliphatic rings. The fourth-order valence-electron chi connectivity index (χ4n) is 11.2. The Bertz CT molecular complexity index is 1680. The van der Waals surface area contributed by atoms with Crippen LogP contribution in [0.15, 0.2) is 0 Å². The van der Waals surface area contributed by atoms with Gasteiger partial charge >= 0.3 is 47.8 Å². The molecule has 0 aliphatic heterocycles. The third-order valence-electron chi connectivity index (χ3n) is 17.8. The van der Waals surface area contributed by atoms with Crippen LogP contribution in [0.25, 0.3) is 0 Å². The van der Waals surface area contributed by atoms with Gasteiger partial charge in [-0.05, 0) is 25.7 Å². The van der Waals surface area contributed by atoms with Gasteiger partial charge in [0.2, 0.25) is 0 Å². The lowest BCUT2D eigenvalue weighted by Crippen LogP contribution is -2.44. The summed E-state index contributed by atoms with van der Waals surface area (Å²) in [5, 5.41) is 0. The van der Waals surface area contributed by atoms with Gasteiger partial charge in [-0.25, -0.2) is 0 Å². The third kappa shape index (κ3) is 73.8. The van der Waals surface area contributed by atoms with Crippen LogP contribution in [0.5, 0.6) is 0 Å². The summed E-state index contributed by atoms with van der Waals surface area (Å²) >= 11 is 5.68. The third-order valence-corrected chi connectivity index (χ3v) is 21.7. The smallest absolute Gasteiger partial charge is 0.306 e. The molecule has 20 heteroatoms. The summed E-state index contributed by atoms with van der Waals surface area (Å²) in [6, 6.07) is 0. The average Bonchev–Trinajstić information content (AvgIpc) is 0.935. The van der Waals surface area contributed by atoms with E-state index in [4.69, 9.17) is 37.9 Å². The maximum absolute atomic E-state index is 13.4. The van der Waals surface area contributed by atoms with E-state index < -0.39 is 55.7 Å². The zero-order valence-electron chi connectivity index (χ0n) is 64.7. The number of ether oxygens (including phenoxy) is 8. The lowest BCUT2D eigenvalue weighted by molar-refractivity contribution is -0.170. The Morgan fingerprint density at radius 1 is 0.188 bits per heavy atom. The summed E-state index contributed by atoms with van der Waals surface area (Å²) in [5.41, 5.74) is -1.50.